The van der Waals surface area contributed by atoms with E-state index in [0.29, 0.717) is 0 Å². The molecule has 0 bridgehead atoms. The Morgan fingerprint density at radius 2 is 1.82 bits per heavy atom. The fourth-order valence-corrected chi connectivity index (χ4v) is 4.57. The highest BCUT2D eigenvalue weighted by molar-refractivity contribution is 7.89. The molecule has 1 aromatic rings. The number of rotatable bonds is 5. The van der Waals surface area contributed by atoms with Crippen molar-refractivity contribution in [2.24, 2.45) is 0 Å². The molecule has 28 heavy (non-hydrogen) atoms. The van der Waals surface area contributed by atoms with E-state index < -0.39 is 34.0 Å². The first kappa shape index (κ1) is 22.3. The van der Waals surface area contributed by atoms with Crippen LogP contribution in [0.15, 0.2) is 29.2 Å². The van der Waals surface area contributed by atoms with Crippen molar-refractivity contribution in [3.05, 3.63) is 29.8 Å². The zero-order valence-electron chi connectivity index (χ0n) is 16.9. The number of hydrogen-bond acceptors (Lipinski definition) is 6. The van der Waals surface area contributed by atoms with Crippen LogP contribution in [0.25, 0.3) is 0 Å². The quantitative estimate of drug-likeness (QED) is 0.737. The van der Waals surface area contributed by atoms with Crippen LogP contribution in [-0.4, -0.2) is 62.0 Å². The molecule has 1 saturated heterocycles. The SMILES string of the molecule is C[C@H]1CN(S(=O)(=O)c2cccc(C(=O)OCC(=O)NC(C)(C)C)c2)C[C@H](C)O1. The van der Waals surface area contributed by atoms with Crippen LogP contribution < -0.4 is 5.32 Å². The van der Waals surface area contributed by atoms with E-state index in [-0.39, 0.29) is 35.8 Å². The summed E-state index contributed by atoms with van der Waals surface area (Å²) in [4.78, 5) is 24.0. The lowest BCUT2D eigenvalue weighted by Gasteiger charge is -2.34. The summed E-state index contributed by atoms with van der Waals surface area (Å²) in [5.74, 6) is -1.19. The number of ether oxygens (including phenoxy) is 2. The average molecular weight is 413 g/mol. The maximum absolute atomic E-state index is 12.9. The molecule has 2 rings (SSSR count). The van der Waals surface area contributed by atoms with E-state index in [1.165, 1.54) is 28.6 Å². The van der Waals surface area contributed by atoms with Gasteiger partial charge in [-0.3, -0.25) is 4.79 Å². The lowest BCUT2D eigenvalue weighted by Crippen LogP contribution is -2.48. The number of benzene rings is 1. The van der Waals surface area contributed by atoms with Crippen LogP contribution >= 0.6 is 0 Å². The molecule has 9 heteroatoms. The van der Waals surface area contributed by atoms with Gasteiger partial charge < -0.3 is 14.8 Å². The molecule has 1 heterocycles. The van der Waals surface area contributed by atoms with Crippen molar-refractivity contribution in [2.75, 3.05) is 19.7 Å². The third-order valence-electron chi connectivity index (χ3n) is 3.94. The molecule has 1 N–H and O–H groups in total. The third kappa shape index (κ3) is 6.02. The minimum Gasteiger partial charge on any atom is -0.452 e. The summed E-state index contributed by atoms with van der Waals surface area (Å²) in [5.41, 5.74) is -0.372. The van der Waals surface area contributed by atoms with Crippen LogP contribution in [0, 0.1) is 0 Å². The van der Waals surface area contributed by atoms with Gasteiger partial charge >= 0.3 is 5.97 Å². The Morgan fingerprint density at radius 1 is 1.21 bits per heavy atom. The molecule has 1 fully saturated rings. The Kier molecular flexibility index (Phi) is 6.84. The smallest absolute Gasteiger partial charge is 0.338 e. The summed E-state index contributed by atoms with van der Waals surface area (Å²) >= 11 is 0. The van der Waals surface area contributed by atoms with Crippen molar-refractivity contribution in [2.45, 2.75) is 57.3 Å². The minimum absolute atomic E-state index is 0.00222. The highest BCUT2D eigenvalue weighted by atomic mass is 32.2. The maximum Gasteiger partial charge on any atom is 0.338 e. The minimum atomic E-state index is -3.77. The Hall–Kier alpha value is -1.97. The number of nitrogens with one attached hydrogen (secondary N) is 1. The van der Waals surface area contributed by atoms with E-state index in [9.17, 15) is 18.0 Å². The van der Waals surface area contributed by atoms with E-state index in [0.717, 1.165) is 0 Å². The van der Waals surface area contributed by atoms with Gasteiger partial charge in [0, 0.05) is 18.6 Å². The predicted molar refractivity (Wildman–Crippen MR) is 103 cm³/mol. The number of hydrogen-bond donors (Lipinski definition) is 1. The second kappa shape index (κ2) is 8.59. The van der Waals surface area contributed by atoms with Gasteiger partial charge in [-0.25, -0.2) is 13.2 Å². The molecule has 1 aliphatic rings. The zero-order chi connectivity index (χ0) is 21.1. The summed E-state index contributed by atoms with van der Waals surface area (Å²) in [7, 11) is -3.77. The lowest BCUT2D eigenvalue weighted by molar-refractivity contribution is -0.125. The second-order valence-corrected chi connectivity index (χ2v) is 9.92. The number of nitrogens with zero attached hydrogens (tertiary/aromatic N) is 1. The second-order valence-electron chi connectivity index (χ2n) is 7.98. The van der Waals surface area contributed by atoms with Crippen molar-refractivity contribution >= 4 is 21.9 Å². The standard InChI is InChI=1S/C19H28N2O6S/c1-13-10-21(11-14(2)27-13)28(24,25)16-8-6-7-15(9-16)18(23)26-12-17(22)20-19(3,4)5/h6-9,13-14H,10-12H2,1-5H3,(H,20,22)/t13-,14-/m0/s1. The summed E-state index contributed by atoms with van der Waals surface area (Å²) in [5, 5.41) is 2.68. The fourth-order valence-electron chi connectivity index (χ4n) is 2.93. The molecule has 0 aliphatic carbocycles. The summed E-state index contributed by atoms with van der Waals surface area (Å²) < 4.78 is 37.8. The third-order valence-corrected chi connectivity index (χ3v) is 5.77. The highest BCUT2D eigenvalue weighted by Gasteiger charge is 2.32. The van der Waals surface area contributed by atoms with Gasteiger partial charge in [0.2, 0.25) is 10.0 Å². The first-order chi connectivity index (χ1) is 12.9. The highest BCUT2D eigenvalue weighted by Crippen LogP contribution is 2.22. The Morgan fingerprint density at radius 3 is 2.39 bits per heavy atom. The van der Waals surface area contributed by atoms with E-state index in [1.807, 2.05) is 34.6 Å². The molecule has 8 nitrogen and oxygen atoms in total. The molecule has 0 saturated carbocycles. The molecule has 0 spiro atoms. The zero-order valence-corrected chi connectivity index (χ0v) is 17.7. The monoisotopic (exact) mass is 412 g/mol. The number of amides is 1. The van der Waals surface area contributed by atoms with Gasteiger partial charge in [0.1, 0.15) is 0 Å². The molecule has 0 radical (unpaired) electrons. The number of esters is 1. The summed E-state index contributed by atoms with van der Waals surface area (Å²) in [6, 6.07) is 5.63. The first-order valence-electron chi connectivity index (χ1n) is 9.12. The lowest BCUT2D eigenvalue weighted by atomic mass is 10.1. The molecular weight excluding hydrogens is 384 g/mol. The Labute approximate surface area is 166 Å². The van der Waals surface area contributed by atoms with Crippen LogP contribution in [0.2, 0.25) is 0 Å². The van der Waals surface area contributed by atoms with E-state index >= 15 is 0 Å². The van der Waals surface area contributed by atoms with Gasteiger partial charge in [-0.15, -0.1) is 0 Å². The largest absolute Gasteiger partial charge is 0.452 e. The molecule has 156 valence electrons. The number of carbonyl (C=O) groups excluding carboxylic acids is 2. The molecule has 1 aromatic carbocycles. The summed E-state index contributed by atoms with van der Waals surface area (Å²) in [6.45, 7) is 9.12. The average Bonchev–Trinajstić information content (AvgIpc) is 2.57. The number of morpholine rings is 1. The first-order valence-corrected chi connectivity index (χ1v) is 10.6. The molecule has 0 unspecified atom stereocenters. The van der Waals surface area contributed by atoms with E-state index in [2.05, 4.69) is 5.32 Å². The van der Waals surface area contributed by atoms with Crippen LogP contribution in [0.3, 0.4) is 0 Å². The fraction of sp³-hybridized carbons (Fsp3) is 0.579. The van der Waals surface area contributed by atoms with Crippen molar-refractivity contribution < 1.29 is 27.5 Å². The molecular formula is C19H28N2O6S. The van der Waals surface area contributed by atoms with Crippen molar-refractivity contribution in [3.8, 4) is 0 Å². The van der Waals surface area contributed by atoms with Crippen LogP contribution in [0.1, 0.15) is 45.0 Å². The van der Waals surface area contributed by atoms with Crippen molar-refractivity contribution in [1.82, 2.24) is 9.62 Å². The maximum atomic E-state index is 12.9. The van der Waals surface area contributed by atoms with Gasteiger partial charge in [-0.1, -0.05) is 6.07 Å². The summed E-state index contributed by atoms with van der Waals surface area (Å²) in [6.07, 6.45) is -0.430. The van der Waals surface area contributed by atoms with Gasteiger partial charge in [0.15, 0.2) is 6.61 Å². The number of sulfonamides is 1. The topological polar surface area (TPSA) is 102 Å². The van der Waals surface area contributed by atoms with Crippen LogP contribution in [0.5, 0.6) is 0 Å². The van der Waals surface area contributed by atoms with Gasteiger partial charge in [0.25, 0.3) is 5.91 Å². The van der Waals surface area contributed by atoms with Crippen LogP contribution in [0.4, 0.5) is 0 Å². The van der Waals surface area contributed by atoms with Crippen LogP contribution in [-0.2, 0) is 24.3 Å². The van der Waals surface area contributed by atoms with Gasteiger partial charge in [0.05, 0.1) is 22.7 Å². The predicted octanol–water partition coefficient (Wildman–Crippen LogP) is 1.56. The molecule has 0 aromatic heterocycles. The Balaban J connectivity index is 2.10. The van der Waals surface area contributed by atoms with Crippen molar-refractivity contribution in [3.63, 3.8) is 0 Å². The van der Waals surface area contributed by atoms with Gasteiger partial charge in [-0.2, -0.15) is 4.31 Å². The molecule has 1 aliphatic heterocycles. The Bertz CT molecular complexity index is 821. The molecule has 1 amide bonds. The van der Waals surface area contributed by atoms with Gasteiger partial charge in [-0.05, 0) is 52.8 Å². The number of carbonyl (C=O) groups is 2. The normalized spacial score (nSPS) is 21.2. The van der Waals surface area contributed by atoms with E-state index in [4.69, 9.17) is 9.47 Å². The van der Waals surface area contributed by atoms with Crippen molar-refractivity contribution in [1.29, 1.82) is 0 Å². The van der Waals surface area contributed by atoms with E-state index in [1.54, 1.807) is 0 Å². The molecule has 2 atom stereocenters.